The second-order valence-electron chi connectivity index (χ2n) is 6.02. The molecule has 0 spiro atoms. The van der Waals surface area contributed by atoms with Crippen molar-refractivity contribution in [3.8, 4) is 5.75 Å². The Morgan fingerprint density at radius 1 is 1.24 bits per heavy atom. The molecule has 1 N–H and O–H groups in total. The predicted octanol–water partition coefficient (Wildman–Crippen LogP) is 3.30. The molecule has 1 aromatic rings. The van der Waals surface area contributed by atoms with E-state index >= 15 is 0 Å². The maximum atomic E-state index is 5.86. The van der Waals surface area contributed by atoms with Gasteiger partial charge in [-0.25, -0.2) is 0 Å². The van der Waals surface area contributed by atoms with Crippen LogP contribution in [-0.2, 0) is 6.54 Å². The van der Waals surface area contributed by atoms with E-state index in [0.29, 0.717) is 0 Å². The molecule has 0 saturated carbocycles. The van der Waals surface area contributed by atoms with Crippen LogP contribution >= 0.6 is 0 Å². The first-order valence-electron chi connectivity index (χ1n) is 8.46. The smallest absolute Gasteiger partial charge is 0.119 e. The van der Waals surface area contributed by atoms with Crippen molar-refractivity contribution >= 4 is 0 Å². The molecular formula is C18H30N2O. The Balaban J connectivity index is 1.64. The zero-order chi connectivity index (χ0) is 14.9. The second-order valence-corrected chi connectivity index (χ2v) is 6.02. The van der Waals surface area contributed by atoms with Crippen LogP contribution < -0.4 is 10.1 Å². The van der Waals surface area contributed by atoms with E-state index in [9.17, 15) is 0 Å². The molecule has 1 aromatic carbocycles. The van der Waals surface area contributed by atoms with Crippen molar-refractivity contribution in [3.05, 3.63) is 29.8 Å². The molecule has 3 nitrogen and oxygen atoms in total. The first-order valence-corrected chi connectivity index (χ1v) is 8.46. The first kappa shape index (κ1) is 16.3. The van der Waals surface area contributed by atoms with Gasteiger partial charge in [0.25, 0.3) is 0 Å². The van der Waals surface area contributed by atoms with Gasteiger partial charge < -0.3 is 10.1 Å². The van der Waals surface area contributed by atoms with E-state index in [4.69, 9.17) is 4.74 Å². The summed E-state index contributed by atoms with van der Waals surface area (Å²) in [7, 11) is 0. The van der Waals surface area contributed by atoms with Gasteiger partial charge in [-0.15, -0.1) is 0 Å². The molecule has 118 valence electrons. The lowest BCUT2D eigenvalue weighted by molar-refractivity contribution is 0.232. The lowest BCUT2D eigenvalue weighted by Gasteiger charge is -2.16. The number of nitrogens with zero attached hydrogens (tertiary/aromatic N) is 1. The second kappa shape index (κ2) is 9.06. The molecule has 0 amide bonds. The fraction of sp³-hybridized carbons (Fsp3) is 0.667. The van der Waals surface area contributed by atoms with Gasteiger partial charge in [0.05, 0.1) is 0 Å². The van der Waals surface area contributed by atoms with Crippen molar-refractivity contribution < 1.29 is 4.74 Å². The van der Waals surface area contributed by atoms with Gasteiger partial charge in [0.1, 0.15) is 12.4 Å². The fourth-order valence-electron chi connectivity index (χ4n) is 3.03. The maximum Gasteiger partial charge on any atom is 0.119 e. The highest BCUT2D eigenvalue weighted by Gasteiger charge is 2.20. The van der Waals surface area contributed by atoms with Gasteiger partial charge in [0, 0.05) is 19.6 Å². The zero-order valence-electron chi connectivity index (χ0n) is 13.6. The minimum absolute atomic E-state index is 0.797. The molecule has 1 fully saturated rings. The van der Waals surface area contributed by atoms with Crippen LogP contribution in [0.5, 0.6) is 5.75 Å². The predicted molar refractivity (Wildman–Crippen MR) is 88.8 cm³/mol. The third-order valence-corrected chi connectivity index (χ3v) is 4.25. The van der Waals surface area contributed by atoms with Gasteiger partial charge in [0.15, 0.2) is 0 Å². The highest BCUT2D eigenvalue weighted by molar-refractivity contribution is 5.27. The minimum Gasteiger partial charge on any atom is -0.492 e. The number of likely N-dealkylation sites (tertiary alicyclic amines) is 1. The summed E-state index contributed by atoms with van der Waals surface area (Å²) >= 11 is 0. The number of hydrogen-bond acceptors (Lipinski definition) is 3. The van der Waals surface area contributed by atoms with Gasteiger partial charge in [-0.05, 0) is 49.5 Å². The minimum atomic E-state index is 0.797. The van der Waals surface area contributed by atoms with Crippen LogP contribution in [-0.4, -0.2) is 37.7 Å². The molecule has 1 unspecified atom stereocenters. The molecule has 1 aliphatic heterocycles. The Morgan fingerprint density at radius 3 is 2.76 bits per heavy atom. The van der Waals surface area contributed by atoms with E-state index < -0.39 is 0 Å². The Hall–Kier alpha value is -1.06. The maximum absolute atomic E-state index is 5.86. The van der Waals surface area contributed by atoms with Crippen LogP contribution in [0.4, 0.5) is 0 Å². The zero-order valence-corrected chi connectivity index (χ0v) is 13.6. The number of rotatable bonds is 9. The summed E-state index contributed by atoms with van der Waals surface area (Å²) in [5.41, 5.74) is 1.31. The molecule has 2 rings (SSSR count). The average molecular weight is 290 g/mol. The Bertz CT molecular complexity index is 391. The van der Waals surface area contributed by atoms with Gasteiger partial charge >= 0.3 is 0 Å². The largest absolute Gasteiger partial charge is 0.492 e. The molecule has 0 bridgehead atoms. The van der Waals surface area contributed by atoms with Crippen molar-refractivity contribution in [2.45, 2.75) is 39.7 Å². The molecule has 1 atom stereocenters. The number of hydrogen-bond donors (Lipinski definition) is 1. The normalized spacial score (nSPS) is 19.0. The highest BCUT2D eigenvalue weighted by atomic mass is 16.5. The van der Waals surface area contributed by atoms with Crippen LogP contribution in [0, 0.1) is 5.92 Å². The molecule has 1 aliphatic rings. The van der Waals surface area contributed by atoms with Crippen molar-refractivity contribution in [2.24, 2.45) is 5.92 Å². The molecule has 0 aliphatic carbocycles. The summed E-state index contributed by atoms with van der Waals surface area (Å²) in [6, 6.07) is 8.45. The van der Waals surface area contributed by atoms with Gasteiger partial charge in [0.2, 0.25) is 0 Å². The van der Waals surface area contributed by atoms with Crippen LogP contribution in [0.2, 0.25) is 0 Å². The Morgan fingerprint density at radius 2 is 2.05 bits per heavy atom. The van der Waals surface area contributed by atoms with Gasteiger partial charge in [-0.2, -0.15) is 0 Å². The summed E-state index contributed by atoms with van der Waals surface area (Å²) in [4.78, 5) is 2.54. The fourth-order valence-corrected chi connectivity index (χ4v) is 3.03. The molecule has 3 heteroatoms. The molecule has 1 heterocycles. The lowest BCUT2D eigenvalue weighted by Crippen LogP contribution is -2.26. The van der Waals surface area contributed by atoms with E-state index in [0.717, 1.165) is 37.9 Å². The van der Waals surface area contributed by atoms with Gasteiger partial charge in [-0.3, -0.25) is 4.90 Å². The third kappa shape index (κ3) is 5.68. The summed E-state index contributed by atoms with van der Waals surface area (Å²) in [5.74, 6) is 1.90. The number of nitrogens with one attached hydrogen (secondary N) is 1. The van der Waals surface area contributed by atoms with Crippen LogP contribution in [0.1, 0.15) is 38.7 Å². The van der Waals surface area contributed by atoms with Crippen LogP contribution in [0.3, 0.4) is 0 Å². The molecular weight excluding hydrogens is 260 g/mol. The van der Waals surface area contributed by atoms with Crippen molar-refractivity contribution in [1.82, 2.24) is 10.2 Å². The van der Waals surface area contributed by atoms with E-state index in [1.807, 2.05) is 0 Å². The number of ether oxygens (including phenoxy) is 1. The molecule has 21 heavy (non-hydrogen) atoms. The van der Waals surface area contributed by atoms with Crippen LogP contribution in [0.15, 0.2) is 24.3 Å². The highest BCUT2D eigenvalue weighted by Crippen LogP contribution is 2.20. The van der Waals surface area contributed by atoms with Crippen LogP contribution in [0.25, 0.3) is 0 Å². The monoisotopic (exact) mass is 290 g/mol. The molecule has 0 aromatic heterocycles. The number of benzene rings is 1. The van der Waals surface area contributed by atoms with Gasteiger partial charge in [-0.1, -0.05) is 32.4 Å². The topological polar surface area (TPSA) is 24.5 Å². The molecule has 1 saturated heterocycles. The van der Waals surface area contributed by atoms with Crippen molar-refractivity contribution in [2.75, 3.05) is 32.8 Å². The standard InChI is InChI=1S/C18H30N2O/c1-3-5-17-10-11-20(15-17)12-13-21-18-8-6-16(7-9-18)14-19-4-2/h6-9,17,19H,3-5,10-15H2,1-2H3. The van der Waals surface area contributed by atoms with E-state index in [1.165, 1.54) is 37.9 Å². The quantitative estimate of drug-likeness (QED) is 0.755. The SMILES string of the molecule is CCCC1CCN(CCOc2ccc(CNCC)cc2)C1. The Labute approximate surface area is 129 Å². The van der Waals surface area contributed by atoms with Crippen molar-refractivity contribution in [3.63, 3.8) is 0 Å². The third-order valence-electron chi connectivity index (χ3n) is 4.25. The molecule has 0 radical (unpaired) electrons. The van der Waals surface area contributed by atoms with E-state index in [-0.39, 0.29) is 0 Å². The van der Waals surface area contributed by atoms with E-state index in [2.05, 4.69) is 48.3 Å². The van der Waals surface area contributed by atoms with E-state index in [1.54, 1.807) is 0 Å². The first-order chi connectivity index (χ1) is 10.3. The summed E-state index contributed by atoms with van der Waals surface area (Å²) < 4.78 is 5.86. The summed E-state index contributed by atoms with van der Waals surface area (Å²) in [5, 5.41) is 3.33. The average Bonchev–Trinajstić information content (AvgIpc) is 2.94. The Kier molecular flexibility index (Phi) is 7.04. The summed E-state index contributed by atoms with van der Waals surface area (Å²) in [6.45, 7) is 10.7. The van der Waals surface area contributed by atoms with Crippen molar-refractivity contribution in [1.29, 1.82) is 0 Å². The summed E-state index contributed by atoms with van der Waals surface area (Å²) in [6.07, 6.45) is 4.06. The lowest BCUT2D eigenvalue weighted by atomic mass is 10.0.